The summed E-state index contributed by atoms with van der Waals surface area (Å²) in [5.74, 6) is -0.571. The fourth-order valence-corrected chi connectivity index (χ4v) is 2.22. The minimum Gasteiger partial charge on any atom is -0.366 e. The van der Waals surface area contributed by atoms with Crippen LogP contribution in [0.1, 0.15) is 26.7 Å². The van der Waals surface area contributed by atoms with E-state index < -0.39 is 30.8 Å². The fourth-order valence-electron chi connectivity index (χ4n) is 2.22. The molecule has 0 aromatic rings. The van der Waals surface area contributed by atoms with Crippen molar-refractivity contribution in [3.63, 3.8) is 0 Å². The van der Waals surface area contributed by atoms with Gasteiger partial charge in [-0.25, -0.2) is 0 Å². The maximum absolute atomic E-state index is 12.6. The number of carbonyl (C=O) groups excluding carboxylic acids is 1. The minimum atomic E-state index is -4.39. The van der Waals surface area contributed by atoms with Crippen LogP contribution in [0.4, 0.5) is 13.2 Å². The Morgan fingerprint density at radius 1 is 1.42 bits per heavy atom. The highest BCUT2D eigenvalue weighted by Gasteiger charge is 2.38. The molecule has 1 unspecified atom stereocenters. The number of nitrogens with one attached hydrogen (secondary N) is 1. The van der Waals surface area contributed by atoms with Crippen molar-refractivity contribution in [3.8, 4) is 0 Å². The largest absolute Gasteiger partial charge is 0.406 e. The molecule has 7 heteroatoms. The summed E-state index contributed by atoms with van der Waals surface area (Å²) in [7, 11) is 0. The molecule has 0 radical (unpaired) electrons. The highest BCUT2D eigenvalue weighted by atomic mass is 19.4. The molecule has 1 rings (SSSR count). The SMILES string of the molecule is CCC(CC)N(CC(F)(F)F)C(=O)C1CNCCO1. The van der Waals surface area contributed by atoms with Crippen molar-refractivity contribution in [3.05, 3.63) is 0 Å². The second kappa shape index (κ2) is 7.09. The smallest absolute Gasteiger partial charge is 0.366 e. The lowest BCUT2D eigenvalue weighted by atomic mass is 10.1. The first-order chi connectivity index (χ1) is 8.89. The second-order valence-electron chi connectivity index (χ2n) is 4.62. The Bertz CT molecular complexity index is 287. The molecular weight excluding hydrogens is 261 g/mol. The van der Waals surface area contributed by atoms with Crippen LogP contribution in [0, 0.1) is 0 Å². The highest BCUT2D eigenvalue weighted by Crippen LogP contribution is 2.21. The third kappa shape index (κ3) is 4.99. The number of nitrogens with zero attached hydrogens (tertiary/aromatic N) is 1. The van der Waals surface area contributed by atoms with Crippen LogP contribution in [0.25, 0.3) is 0 Å². The van der Waals surface area contributed by atoms with Crippen molar-refractivity contribution in [2.45, 2.75) is 45.0 Å². The number of rotatable bonds is 5. The van der Waals surface area contributed by atoms with E-state index in [0.717, 1.165) is 4.90 Å². The van der Waals surface area contributed by atoms with Gasteiger partial charge in [0.15, 0.2) is 0 Å². The number of halogens is 3. The topological polar surface area (TPSA) is 41.6 Å². The monoisotopic (exact) mass is 282 g/mol. The molecular formula is C12H21F3N2O2. The summed E-state index contributed by atoms with van der Waals surface area (Å²) in [6.07, 6.45) is -4.20. The van der Waals surface area contributed by atoms with Crippen molar-refractivity contribution < 1.29 is 22.7 Å². The molecule has 1 heterocycles. The van der Waals surface area contributed by atoms with Crippen LogP contribution < -0.4 is 5.32 Å². The number of ether oxygens (including phenoxy) is 1. The molecule has 19 heavy (non-hydrogen) atoms. The highest BCUT2D eigenvalue weighted by molar-refractivity contribution is 5.81. The molecule has 0 bridgehead atoms. The van der Waals surface area contributed by atoms with E-state index in [1.165, 1.54) is 0 Å². The molecule has 1 aliphatic heterocycles. The van der Waals surface area contributed by atoms with E-state index in [9.17, 15) is 18.0 Å². The van der Waals surface area contributed by atoms with Gasteiger partial charge in [0.1, 0.15) is 12.6 Å². The molecule has 0 aliphatic carbocycles. The first-order valence-electron chi connectivity index (χ1n) is 6.58. The zero-order valence-electron chi connectivity index (χ0n) is 11.3. The fraction of sp³-hybridized carbons (Fsp3) is 0.917. The van der Waals surface area contributed by atoms with E-state index in [4.69, 9.17) is 4.74 Å². The van der Waals surface area contributed by atoms with Gasteiger partial charge in [0.05, 0.1) is 6.61 Å². The maximum atomic E-state index is 12.6. The van der Waals surface area contributed by atoms with Crippen LogP contribution in [0.3, 0.4) is 0 Å². The molecule has 4 nitrogen and oxygen atoms in total. The van der Waals surface area contributed by atoms with Crippen LogP contribution in [0.15, 0.2) is 0 Å². The average Bonchev–Trinajstić information content (AvgIpc) is 2.38. The zero-order valence-corrected chi connectivity index (χ0v) is 11.3. The number of morpholine rings is 1. The number of hydrogen-bond acceptors (Lipinski definition) is 3. The normalized spacial score (nSPS) is 20.6. The van der Waals surface area contributed by atoms with Gasteiger partial charge >= 0.3 is 6.18 Å². The molecule has 1 atom stereocenters. The standard InChI is InChI=1S/C12H21F3N2O2/c1-3-9(4-2)17(8-12(13,14)15)11(18)10-7-16-5-6-19-10/h9-10,16H,3-8H2,1-2H3. The van der Waals surface area contributed by atoms with Gasteiger partial charge in [0, 0.05) is 19.1 Å². The predicted octanol–water partition coefficient (Wildman–Crippen LogP) is 1.55. The molecule has 1 fully saturated rings. The quantitative estimate of drug-likeness (QED) is 0.832. The number of carbonyl (C=O) groups is 1. The molecule has 1 amide bonds. The third-order valence-electron chi connectivity index (χ3n) is 3.22. The Hall–Kier alpha value is -0.820. The number of hydrogen-bond donors (Lipinski definition) is 1. The summed E-state index contributed by atoms with van der Waals surface area (Å²) in [6, 6.07) is -0.403. The van der Waals surface area contributed by atoms with Gasteiger partial charge in [-0.1, -0.05) is 13.8 Å². The van der Waals surface area contributed by atoms with E-state index in [2.05, 4.69) is 5.32 Å². The lowest BCUT2D eigenvalue weighted by molar-refractivity contribution is -0.174. The van der Waals surface area contributed by atoms with Gasteiger partial charge in [-0.2, -0.15) is 13.2 Å². The number of amides is 1. The van der Waals surface area contributed by atoms with E-state index >= 15 is 0 Å². The molecule has 0 spiro atoms. The van der Waals surface area contributed by atoms with Crippen molar-refractivity contribution in [1.29, 1.82) is 0 Å². The lowest BCUT2D eigenvalue weighted by Gasteiger charge is -2.35. The molecule has 1 saturated heterocycles. The Morgan fingerprint density at radius 2 is 2.05 bits per heavy atom. The van der Waals surface area contributed by atoms with Crippen molar-refractivity contribution >= 4 is 5.91 Å². The van der Waals surface area contributed by atoms with Crippen LogP contribution in [-0.4, -0.2) is 55.4 Å². The lowest BCUT2D eigenvalue weighted by Crippen LogP contribution is -2.54. The van der Waals surface area contributed by atoms with Gasteiger partial charge in [0.2, 0.25) is 0 Å². The van der Waals surface area contributed by atoms with Crippen molar-refractivity contribution in [2.24, 2.45) is 0 Å². The predicted molar refractivity (Wildman–Crippen MR) is 64.7 cm³/mol. The second-order valence-corrected chi connectivity index (χ2v) is 4.62. The molecule has 0 aromatic carbocycles. The zero-order chi connectivity index (χ0) is 14.5. The van der Waals surface area contributed by atoms with Gasteiger partial charge in [-0.15, -0.1) is 0 Å². The van der Waals surface area contributed by atoms with E-state index in [1.54, 1.807) is 13.8 Å². The Kier molecular flexibility index (Phi) is 6.06. The van der Waals surface area contributed by atoms with E-state index in [1.807, 2.05) is 0 Å². The third-order valence-corrected chi connectivity index (χ3v) is 3.22. The van der Waals surface area contributed by atoms with Crippen molar-refractivity contribution in [1.82, 2.24) is 10.2 Å². The minimum absolute atomic E-state index is 0.271. The summed E-state index contributed by atoms with van der Waals surface area (Å²) < 4.78 is 43.1. The van der Waals surface area contributed by atoms with Gasteiger partial charge in [0.25, 0.3) is 5.91 Å². The number of alkyl halides is 3. The summed E-state index contributed by atoms with van der Waals surface area (Å²) in [4.78, 5) is 13.1. The summed E-state index contributed by atoms with van der Waals surface area (Å²) in [6.45, 7) is 3.59. The van der Waals surface area contributed by atoms with Crippen LogP contribution in [0.5, 0.6) is 0 Å². The van der Waals surface area contributed by atoms with Gasteiger partial charge in [-0.3, -0.25) is 4.79 Å². The molecule has 112 valence electrons. The van der Waals surface area contributed by atoms with Crippen LogP contribution >= 0.6 is 0 Å². The van der Waals surface area contributed by atoms with Gasteiger partial charge < -0.3 is 15.0 Å². The van der Waals surface area contributed by atoms with Gasteiger partial charge in [-0.05, 0) is 12.8 Å². The average molecular weight is 282 g/mol. The molecule has 1 aliphatic rings. The molecule has 0 aromatic heterocycles. The van der Waals surface area contributed by atoms with Crippen molar-refractivity contribution in [2.75, 3.05) is 26.2 Å². The van der Waals surface area contributed by atoms with Crippen LogP contribution in [-0.2, 0) is 9.53 Å². The van der Waals surface area contributed by atoms with E-state index in [-0.39, 0.29) is 6.54 Å². The summed E-state index contributed by atoms with van der Waals surface area (Å²) in [5, 5.41) is 2.95. The summed E-state index contributed by atoms with van der Waals surface area (Å²) in [5.41, 5.74) is 0. The van der Waals surface area contributed by atoms with E-state index in [0.29, 0.717) is 26.0 Å². The Morgan fingerprint density at radius 3 is 2.47 bits per heavy atom. The molecule has 1 N–H and O–H groups in total. The summed E-state index contributed by atoms with van der Waals surface area (Å²) >= 11 is 0. The first kappa shape index (κ1) is 16.2. The van der Waals surface area contributed by atoms with Crippen LogP contribution in [0.2, 0.25) is 0 Å². The Balaban J connectivity index is 2.78. The first-order valence-corrected chi connectivity index (χ1v) is 6.58. The maximum Gasteiger partial charge on any atom is 0.406 e. The molecule has 0 saturated carbocycles. The Labute approximate surface area is 111 Å².